The summed E-state index contributed by atoms with van der Waals surface area (Å²) in [6, 6.07) is 5.75. The third kappa shape index (κ3) is 4.54. The van der Waals surface area contributed by atoms with Crippen molar-refractivity contribution in [2.45, 2.75) is 6.18 Å². The predicted octanol–water partition coefficient (Wildman–Crippen LogP) is 1.50. The van der Waals surface area contributed by atoms with Crippen LogP contribution in [0.15, 0.2) is 24.3 Å². The Hall–Kier alpha value is -2.09. The van der Waals surface area contributed by atoms with Gasteiger partial charge < -0.3 is 15.3 Å². The average molecular weight is 290 g/mol. The van der Waals surface area contributed by atoms with Crippen LogP contribution >= 0.6 is 0 Å². The van der Waals surface area contributed by atoms with Gasteiger partial charge in [-0.25, -0.2) is 4.79 Å². The Bertz CT molecular complexity index is 503. The van der Waals surface area contributed by atoms with E-state index in [9.17, 15) is 22.8 Å². The lowest BCUT2D eigenvalue weighted by atomic mass is 10.1. The summed E-state index contributed by atoms with van der Waals surface area (Å²) in [5.74, 6) is -1.88. The molecule has 0 fully saturated rings. The number of anilines is 1. The van der Waals surface area contributed by atoms with E-state index in [1.165, 1.54) is 31.3 Å². The lowest BCUT2D eigenvalue weighted by Gasteiger charge is -2.19. The number of amides is 1. The van der Waals surface area contributed by atoms with E-state index in [1.807, 2.05) is 5.32 Å². The molecule has 2 N–H and O–H groups in total. The van der Waals surface area contributed by atoms with E-state index >= 15 is 0 Å². The molecule has 0 aliphatic rings. The van der Waals surface area contributed by atoms with Crippen molar-refractivity contribution in [2.75, 3.05) is 25.0 Å². The maximum Gasteiger partial charge on any atom is 0.401 e. The van der Waals surface area contributed by atoms with Crippen LogP contribution in [0.1, 0.15) is 10.4 Å². The fourth-order valence-electron chi connectivity index (χ4n) is 1.51. The van der Waals surface area contributed by atoms with Crippen molar-refractivity contribution in [1.82, 2.24) is 5.32 Å². The lowest BCUT2D eigenvalue weighted by Crippen LogP contribution is -2.39. The number of benzene rings is 1. The van der Waals surface area contributed by atoms with Gasteiger partial charge in [-0.05, 0) is 12.1 Å². The van der Waals surface area contributed by atoms with Gasteiger partial charge in [-0.1, -0.05) is 12.1 Å². The molecule has 0 saturated carbocycles. The number of carbonyl (C=O) groups is 2. The summed E-state index contributed by atoms with van der Waals surface area (Å²) >= 11 is 0. The Kier molecular flexibility index (Phi) is 5.09. The Morgan fingerprint density at radius 3 is 2.45 bits per heavy atom. The molecule has 0 atom stereocenters. The molecule has 0 heterocycles. The number of carbonyl (C=O) groups excluding carboxylic acids is 1. The first-order valence-electron chi connectivity index (χ1n) is 5.58. The second kappa shape index (κ2) is 6.38. The molecule has 8 heteroatoms. The highest BCUT2D eigenvalue weighted by Gasteiger charge is 2.27. The third-order valence-electron chi connectivity index (χ3n) is 2.47. The van der Waals surface area contributed by atoms with Crippen molar-refractivity contribution >= 4 is 17.6 Å². The summed E-state index contributed by atoms with van der Waals surface area (Å²) in [6.45, 7) is -1.82. The van der Waals surface area contributed by atoms with E-state index in [0.717, 1.165) is 4.90 Å². The van der Waals surface area contributed by atoms with E-state index in [-0.39, 0.29) is 11.3 Å². The van der Waals surface area contributed by atoms with Crippen molar-refractivity contribution in [2.24, 2.45) is 0 Å². The minimum Gasteiger partial charge on any atom is -0.478 e. The third-order valence-corrected chi connectivity index (χ3v) is 2.47. The molecular formula is C12H13F3N2O3. The zero-order valence-corrected chi connectivity index (χ0v) is 10.6. The first-order valence-corrected chi connectivity index (χ1v) is 5.58. The van der Waals surface area contributed by atoms with E-state index in [0.29, 0.717) is 0 Å². The summed E-state index contributed by atoms with van der Waals surface area (Å²) in [5.41, 5.74) is 0.0259. The highest BCUT2D eigenvalue weighted by molar-refractivity contribution is 6.02. The number of hydrogen-bond donors (Lipinski definition) is 2. The molecule has 1 aromatic carbocycles. The molecule has 0 aliphatic carbocycles. The van der Waals surface area contributed by atoms with Crippen LogP contribution in [-0.2, 0) is 4.79 Å². The SMILES string of the molecule is CN(C(=O)CNCC(F)(F)F)c1ccccc1C(=O)O. The number of carboxylic acid groups (broad SMARTS) is 1. The van der Waals surface area contributed by atoms with Gasteiger partial charge >= 0.3 is 12.1 Å². The van der Waals surface area contributed by atoms with Gasteiger partial charge in [0.2, 0.25) is 5.91 Å². The van der Waals surface area contributed by atoms with Gasteiger partial charge in [-0.3, -0.25) is 4.79 Å². The van der Waals surface area contributed by atoms with Gasteiger partial charge in [-0.2, -0.15) is 13.2 Å². The monoisotopic (exact) mass is 290 g/mol. The standard InChI is InChI=1S/C12H13F3N2O3/c1-17(10(18)6-16-7-12(13,14)15)9-5-3-2-4-8(9)11(19)20/h2-5,16H,6-7H2,1H3,(H,19,20). The van der Waals surface area contributed by atoms with E-state index < -0.39 is 31.1 Å². The minimum absolute atomic E-state index is 0.0980. The molecule has 5 nitrogen and oxygen atoms in total. The molecule has 20 heavy (non-hydrogen) atoms. The second-order valence-corrected chi connectivity index (χ2v) is 3.99. The van der Waals surface area contributed by atoms with Crippen LogP contribution in [0.2, 0.25) is 0 Å². The molecule has 0 radical (unpaired) electrons. The number of likely N-dealkylation sites (N-methyl/N-ethyl adjacent to an activating group) is 1. The Morgan fingerprint density at radius 2 is 1.90 bits per heavy atom. The average Bonchev–Trinajstić information content (AvgIpc) is 2.36. The molecule has 0 bridgehead atoms. The number of hydrogen-bond acceptors (Lipinski definition) is 3. The predicted molar refractivity (Wildman–Crippen MR) is 65.7 cm³/mol. The summed E-state index contributed by atoms with van der Waals surface area (Å²) in [6.07, 6.45) is -4.40. The molecule has 0 saturated heterocycles. The van der Waals surface area contributed by atoms with Gasteiger partial charge in [0.15, 0.2) is 0 Å². The number of aromatic carboxylic acids is 1. The van der Waals surface area contributed by atoms with Crippen LogP contribution in [-0.4, -0.2) is 43.3 Å². The largest absolute Gasteiger partial charge is 0.478 e. The van der Waals surface area contributed by atoms with Crippen molar-refractivity contribution in [3.05, 3.63) is 29.8 Å². The molecular weight excluding hydrogens is 277 g/mol. The normalized spacial score (nSPS) is 11.2. The quantitative estimate of drug-likeness (QED) is 0.862. The minimum atomic E-state index is -4.40. The summed E-state index contributed by atoms with van der Waals surface area (Å²) in [5, 5.41) is 10.9. The number of rotatable bonds is 5. The fourth-order valence-corrected chi connectivity index (χ4v) is 1.51. The molecule has 1 amide bonds. The topological polar surface area (TPSA) is 69.6 Å². The molecule has 110 valence electrons. The Morgan fingerprint density at radius 1 is 1.30 bits per heavy atom. The van der Waals surface area contributed by atoms with Crippen molar-refractivity contribution < 1.29 is 27.9 Å². The maximum atomic E-state index is 11.9. The zero-order chi connectivity index (χ0) is 15.3. The van der Waals surface area contributed by atoms with E-state index in [2.05, 4.69) is 0 Å². The molecule has 1 aromatic rings. The molecule has 1 rings (SSSR count). The second-order valence-electron chi connectivity index (χ2n) is 3.99. The van der Waals surface area contributed by atoms with Crippen molar-refractivity contribution in [3.8, 4) is 0 Å². The lowest BCUT2D eigenvalue weighted by molar-refractivity contribution is -0.127. The van der Waals surface area contributed by atoms with Gasteiger partial charge in [0.1, 0.15) is 0 Å². The number of halogens is 3. The molecule has 0 spiro atoms. The fraction of sp³-hybridized carbons (Fsp3) is 0.333. The van der Waals surface area contributed by atoms with Crippen LogP contribution in [0.3, 0.4) is 0 Å². The van der Waals surface area contributed by atoms with Crippen molar-refractivity contribution in [3.63, 3.8) is 0 Å². The van der Waals surface area contributed by atoms with Gasteiger partial charge in [0, 0.05) is 7.05 Å². The Balaban J connectivity index is 2.72. The summed E-state index contributed by atoms with van der Waals surface area (Å²) < 4.78 is 35.8. The van der Waals surface area contributed by atoms with Crippen LogP contribution in [0.4, 0.5) is 18.9 Å². The molecule has 0 unspecified atom stereocenters. The van der Waals surface area contributed by atoms with Crippen LogP contribution in [0.5, 0.6) is 0 Å². The number of nitrogens with one attached hydrogen (secondary N) is 1. The van der Waals surface area contributed by atoms with Crippen LogP contribution in [0.25, 0.3) is 0 Å². The zero-order valence-electron chi connectivity index (χ0n) is 10.6. The van der Waals surface area contributed by atoms with Gasteiger partial charge in [0.05, 0.1) is 24.3 Å². The first-order chi connectivity index (χ1) is 9.22. The number of nitrogens with zero attached hydrogens (tertiary/aromatic N) is 1. The molecule has 0 aromatic heterocycles. The highest BCUT2D eigenvalue weighted by Crippen LogP contribution is 2.19. The highest BCUT2D eigenvalue weighted by atomic mass is 19.4. The first kappa shape index (κ1) is 16.0. The smallest absolute Gasteiger partial charge is 0.401 e. The Labute approximate surface area is 113 Å². The van der Waals surface area contributed by atoms with Gasteiger partial charge in [-0.15, -0.1) is 0 Å². The van der Waals surface area contributed by atoms with Crippen LogP contribution < -0.4 is 10.2 Å². The maximum absolute atomic E-state index is 11.9. The number of carboxylic acids is 1. The number of alkyl halides is 3. The number of para-hydroxylation sites is 1. The van der Waals surface area contributed by atoms with E-state index in [4.69, 9.17) is 5.11 Å². The van der Waals surface area contributed by atoms with Crippen molar-refractivity contribution in [1.29, 1.82) is 0 Å². The van der Waals surface area contributed by atoms with E-state index in [1.54, 1.807) is 0 Å². The summed E-state index contributed by atoms with van der Waals surface area (Å²) in [7, 11) is 1.30. The van der Waals surface area contributed by atoms with Gasteiger partial charge in [0.25, 0.3) is 0 Å². The summed E-state index contributed by atoms with van der Waals surface area (Å²) in [4.78, 5) is 23.7. The molecule has 0 aliphatic heterocycles. The van der Waals surface area contributed by atoms with Crippen LogP contribution in [0, 0.1) is 0 Å².